The Balaban J connectivity index is 2.06. The average Bonchev–Trinajstić information content (AvgIpc) is 3.05. The van der Waals surface area contributed by atoms with E-state index in [1.54, 1.807) is 12.1 Å². The van der Waals surface area contributed by atoms with Crippen molar-refractivity contribution in [2.24, 2.45) is 5.73 Å². The normalized spacial score (nSPS) is 10.5. The van der Waals surface area contributed by atoms with Crippen molar-refractivity contribution in [2.75, 3.05) is 6.61 Å². The van der Waals surface area contributed by atoms with Crippen LogP contribution >= 0.6 is 0 Å². The molecular weight excluding hydrogens is 337 g/mol. The highest BCUT2D eigenvalue weighted by molar-refractivity contribution is 5.97. The van der Waals surface area contributed by atoms with E-state index in [9.17, 15) is 14.0 Å². The third-order valence-electron chi connectivity index (χ3n) is 3.66. The number of aryl methyl sites for hydroxylation is 1. The predicted molar refractivity (Wildman–Crippen MR) is 93.2 cm³/mol. The van der Waals surface area contributed by atoms with Crippen molar-refractivity contribution in [1.29, 1.82) is 0 Å². The van der Waals surface area contributed by atoms with E-state index < -0.39 is 18.5 Å². The maximum absolute atomic E-state index is 13.2. The van der Waals surface area contributed by atoms with Gasteiger partial charge in [0, 0.05) is 11.8 Å². The number of nitrogens with zero attached hydrogens (tertiary/aromatic N) is 2. The van der Waals surface area contributed by atoms with Crippen LogP contribution in [0.2, 0.25) is 0 Å². The summed E-state index contributed by atoms with van der Waals surface area (Å²) in [4.78, 5) is 23.3. The highest BCUT2D eigenvalue weighted by Gasteiger charge is 2.20. The Morgan fingerprint density at radius 2 is 1.92 bits per heavy atom. The van der Waals surface area contributed by atoms with E-state index in [-0.39, 0.29) is 11.4 Å². The van der Waals surface area contributed by atoms with Gasteiger partial charge >= 0.3 is 5.97 Å². The summed E-state index contributed by atoms with van der Waals surface area (Å²) in [6, 6.07) is 13.1. The fourth-order valence-electron chi connectivity index (χ4n) is 2.47. The van der Waals surface area contributed by atoms with Crippen LogP contribution in [0.4, 0.5) is 4.39 Å². The maximum Gasteiger partial charge on any atom is 0.342 e. The third kappa shape index (κ3) is 3.77. The molecule has 2 aromatic carbocycles. The van der Waals surface area contributed by atoms with Gasteiger partial charge in [0.05, 0.1) is 5.69 Å². The molecule has 0 aliphatic carbocycles. The largest absolute Gasteiger partial charge is 0.452 e. The number of hydrogen-bond acceptors (Lipinski definition) is 4. The van der Waals surface area contributed by atoms with Gasteiger partial charge in [0.15, 0.2) is 6.61 Å². The van der Waals surface area contributed by atoms with Gasteiger partial charge in [-0.15, -0.1) is 0 Å². The van der Waals surface area contributed by atoms with Gasteiger partial charge in [-0.05, 0) is 37.3 Å². The molecular formula is C19H16FN3O3. The Morgan fingerprint density at radius 1 is 1.19 bits per heavy atom. The summed E-state index contributed by atoms with van der Waals surface area (Å²) in [6.45, 7) is 1.40. The van der Waals surface area contributed by atoms with Crippen molar-refractivity contribution in [3.8, 4) is 16.9 Å². The quantitative estimate of drug-likeness (QED) is 0.714. The zero-order valence-corrected chi connectivity index (χ0v) is 14.0. The van der Waals surface area contributed by atoms with Gasteiger partial charge in [0.25, 0.3) is 5.91 Å². The number of halogens is 1. The number of ether oxygens (including phenoxy) is 1. The van der Waals surface area contributed by atoms with Gasteiger partial charge in [0.2, 0.25) is 0 Å². The maximum atomic E-state index is 13.2. The van der Waals surface area contributed by atoms with E-state index in [2.05, 4.69) is 5.10 Å². The van der Waals surface area contributed by atoms with E-state index in [0.717, 1.165) is 11.1 Å². The van der Waals surface area contributed by atoms with E-state index in [1.807, 2.05) is 31.2 Å². The molecule has 0 radical (unpaired) electrons. The molecule has 0 aliphatic heterocycles. The van der Waals surface area contributed by atoms with Crippen LogP contribution in [0.1, 0.15) is 15.9 Å². The van der Waals surface area contributed by atoms with E-state index in [4.69, 9.17) is 10.5 Å². The minimum Gasteiger partial charge on any atom is -0.452 e. The molecule has 0 fully saturated rings. The molecule has 0 unspecified atom stereocenters. The highest BCUT2D eigenvalue weighted by atomic mass is 19.1. The molecule has 0 saturated heterocycles. The summed E-state index contributed by atoms with van der Waals surface area (Å²) in [6.07, 6.45) is 1.48. The van der Waals surface area contributed by atoms with Crippen LogP contribution in [-0.4, -0.2) is 28.3 Å². The molecule has 0 aliphatic rings. The number of benzene rings is 2. The molecule has 7 heteroatoms. The second-order valence-electron chi connectivity index (χ2n) is 5.72. The molecule has 1 aromatic heterocycles. The third-order valence-corrected chi connectivity index (χ3v) is 3.66. The Labute approximate surface area is 149 Å². The first-order chi connectivity index (χ1) is 12.4. The molecule has 6 nitrogen and oxygen atoms in total. The number of amides is 1. The molecule has 0 saturated carbocycles. The van der Waals surface area contributed by atoms with Gasteiger partial charge in [0.1, 0.15) is 17.1 Å². The Bertz CT molecular complexity index is 964. The van der Waals surface area contributed by atoms with Crippen LogP contribution in [0.5, 0.6) is 0 Å². The number of hydrogen-bond donors (Lipinski definition) is 1. The van der Waals surface area contributed by atoms with Crippen LogP contribution in [-0.2, 0) is 9.53 Å². The average molecular weight is 353 g/mol. The number of esters is 1. The fraction of sp³-hybridized carbons (Fsp3) is 0.105. The lowest BCUT2D eigenvalue weighted by molar-refractivity contribution is -0.121. The molecule has 0 bridgehead atoms. The Morgan fingerprint density at radius 3 is 2.58 bits per heavy atom. The number of carbonyl (C=O) groups is 2. The van der Waals surface area contributed by atoms with Crippen molar-refractivity contribution in [1.82, 2.24) is 9.78 Å². The molecule has 0 spiro atoms. The minimum absolute atomic E-state index is 0.182. The lowest BCUT2D eigenvalue weighted by Crippen LogP contribution is -2.21. The van der Waals surface area contributed by atoms with Crippen molar-refractivity contribution in [3.63, 3.8) is 0 Å². The number of carbonyl (C=O) groups excluding carboxylic acids is 2. The van der Waals surface area contributed by atoms with Crippen molar-refractivity contribution in [2.45, 2.75) is 6.92 Å². The summed E-state index contributed by atoms with van der Waals surface area (Å²) < 4.78 is 19.5. The molecule has 3 rings (SSSR count). The van der Waals surface area contributed by atoms with Gasteiger partial charge in [-0.2, -0.15) is 5.10 Å². The molecule has 26 heavy (non-hydrogen) atoms. The van der Waals surface area contributed by atoms with Crippen LogP contribution in [0.3, 0.4) is 0 Å². The standard InChI is InChI=1S/C19H16FN3O3/c1-12-3-2-4-13(9-12)18-16(19(25)26-11-17(21)24)10-23(22-18)15-7-5-14(20)6-8-15/h2-10H,11H2,1H3,(H2,21,24). The van der Waals surface area contributed by atoms with Crippen LogP contribution in [0, 0.1) is 12.7 Å². The van der Waals surface area contributed by atoms with E-state index in [0.29, 0.717) is 11.4 Å². The molecule has 3 aromatic rings. The summed E-state index contributed by atoms with van der Waals surface area (Å²) in [5, 5.41) is 4.45. The zero-order chi connectivity index (χ0) is 18.7. The predicted octanol–water partition coefficient (Wildman–Crippen LogP) is 2.63. The topological polar surface area (TPSA) is 87.2 Å². The number of nitrogens with two attached hydrogens (primary N) is 1. The monoisotopic (exact) mass is 353 g/mol. The van der Waals surface area contributed by atoms with Crippen LogP contribution in [0.25, 0.3) is 16.9 Å². The molecule has 1 amide bonds. The first kappa shape index (κ1) is 17.3. The number of aromatic nitrogens is 2. The van der Waals surface area contributed by atoms with Gasteiger partial charge in [-0.25, -0.2) is 13.9 Å². The molecule has 0 atom stereocenters. The van der Waals surface area contributed by atoms with E-state index >= 15 is 0 Å². The highest BCUT2D eigenvalue weighted by Crippen LogP contribution is 2.25. The Hall–Kier alpha value is -3.48. The summed E-state index contributed by atoms with van der Waals surface area (Å²) in [5.74, 6) is -1.84. The first-order valence-electron chi connectivity index (χ1n) is 7.82. The van der Waals surface area contributed by atoms with Gasteiger partial charge in [-0.1, -0.05) is 23.8 Å². The molecule has 2 N–H and O–H groups in total. The first-order valence-corrected chi connectivity index (χ1v) is 7.82. The van der Waals surface area contributed by atoms with Crippen molar-refractivity contribution in [3.05, 3.63) is 71.7 Å². The smallest absolute Gasteiger partial charge is 0.342 e. The number of rotatable bonds is 5. The van der Waals surface area contributed by atoms with Gasteiger partial charge in [-0.3, -0.25) is 4.79 Å². The SMILES string of the molecule is Cc1cccc(-c2nn(-c3ccc(F)cc3)cc2C(=O)OCC(N)=O)c1. The van der Waals surface area contributed by atoms with Crippen LogP contribution in [0.15, 0.2) is 54.7 Å². The number of primary amides is 1. The second-order valence-corrected chi connectivity index (χ2v) is 5.72. The second kappa shape index (κ2) is 7.18. The van der Waals surface area contributed by atoms with Crippen molar-refractivity contribution >= 4 is 11.9 Å². The van der Waals surface area contributed by atoms with Gasteiger partial charge < -0.3 is 10.5 Å². The lowest BCUT2D eigenvalue weighted by atomic mass is 10.1. The van der Waals surface area contributed by atoms with E-state index in [1.165, 1.54) is 23.0 Å². The zero-order valence-electron chi connectivity index (χ0n) is 14.0. The minimum atomic E-state index is -0.749. The van der Waals surface area contributed by atoms with Crippen LogP contribution < -0.4 is 5.73 Å². The summed E-state index contributed by atoms with van der Waals surface area (Å²) in [5.41, 5.74) is 7.90. The molecule has 132 valence electrons. The van der Waals surface area contributed by atoms with Crippen molar-refractivity contribution < 1.29 is 18.7 Å². The lowest BCUT2D eigenvalue weighted by Gasteiger charge is -2.03. The Kier molecular flexibility index (Phi) is 4.79. The molecule has 1 heterocycles. The summed E-state index contributed by atoms with van der Waals surface area (Å²) in [7, 11) is 0. The summed E-state index contributed by atoms with van der Waals surface area (Å²) >= 11 is 0. The fourth-order valence-corrected chi connectivity index (χ4v) is 2.47.